The highest BCUT2D eigenvalue weighted by atomic mass is 35.5. The van der Waals surface area contributed by atoms with E-state index in [2.05, 4.69) is 21.9 Å². The molecule has 4 aromatic carbocycles. The van der Waals surface area contributed by atoms with E-state index in [1.807, 2.05) is 30.3 Å². The Labute approximate surface area is 219 Å². The topological polar surface area (TPSA) is 115 Å². The highest BCUT2D eigenvalue weighted by molar-refractivity contribution is 6.30. The molecule has 7 nitrogen and oxygen atoms in total. The van der Waals surface area contributed by atoms with Crippen molar-refractivity contribution in [3.63, 3.8) is 0 Å². The molecule has 184 valence electrons. The second-order valence-corrected chi connectivity index (χ2v) is 8.72. The van der Waals surface area contributed by atoms with Gasteiger partial charge in [0.05, 0.1) is 17.3 Å². The van der Waals surface area contributed by atoms with Gasteiger partial charge in [0.1, 0.15) is 11.7 Å². The molecule has 8 heteroatoms. The number of fused-ring (bicyclic) bond motifs is 1. The number of hydrazone groups is 1. The highest BCUT2D eigenvalue weighted by Crippen LogP contribution is 2.25. The third-order valence-corrected chi connectivity index (χ3v) is 5.99. The number of carbonyl (C=O) groups is 2. The number of nitrogens with one attached hydrogen (secondary N) is 2. The molecule has 0 aromatic heterocycles. The zero-order valence-corrected chi connectivity index (χ0v) is 20.4. The smallest absolute Gasteiger partial charge is 0.275 e. The van der Waals surface area contributed by atoms with Crippen LogP contribution in [0.2, 0.25) is 5.02 Å². The van der Waals surface area contributed by atoms with Gasteiger partial charge in [-0.3, -0.25) is 9.59 Å². The van der Waals surface area contributed by atoms with Crippen molar-refractivity contribution in [1.29, 1.82) is 5.26 Å². The third kappa shape index (κ3) is 6.51. The minimum absolute atomic E-state index is 0.0313. The van der Waals surface area contributed by atoms with E-state index in [9.17, 15) is 20.0 Å². The van der Waals surface area contributed by atoms with Gasteiger partial charge in [-0.2, -0.15) is 10.4 Å². The lowest BCUT2D eigenvalue weighted by Crippen LogP contribution is -2.23. The van der Waals surface area contributed by atoms with Crippen LogP contribution in [0.5, 0.6) is 5.75 Å². The Morgan fingerprint density at radius 3 is 2.24 bits per heavy atom. The van der Waals surface area contributed by atoms with Gasteiger partial charge in [-0.25, -0.2) is 5.43 Å². The number of amides is 2. The first-order valence-corrected chi connectivity index (χ1v) is 11.9. The summed E-state index contributed by atoms with van der Waals surface area (Å²) in [5, 5.41) is 29.5. The maximum atomic E-state index is 12.9. The van der Waals surface area contributed by atoms with Crippen LogP contribution < -0.4 is 10.7 Å². The van der Waals surface area contributed by atoms with Gasteiger partial charge in [0, 0.05) is 17.1 Å². The lowest BCUT2D eigenvalue weighted by molar-refractivity contribution is -0.116. The van der Waals surface area contributed by atoms with Crippen LogP contribution in [-0.4, -0.2) is 22.6 Å². The fourth-order valence-corrected chi connectivity index (χ4v) is 3.97. The molecule has 0 saturated heterocycles. The van der Waals surface area contributed by atoms with Crippen LogP contribution in [0.1, 0.15) is 34.7 Å². The average Bonchev–Trinajstić information content (AvgIpc) is 2.91. The summed E-state index contributed by atoms with van der Waals surface area (Å²) in [4.78, 5) is 25.5. The molecule has 4 aromatic rings. The number of halogens is 1. The molecule has 2 amide bonds. The minimum atomic E-state index is -0.782. The molecule has 0 aliphatic heterocycles. The molecule has 0 aliphatic carbocycles. The molecule has 3 N–H and O–H groups in total. The Bertz CT molecular complexity index is 1500. The first kappa shape index (κ1) is 25.4. The van der Waals surface area contributed by atoms with Crippen LogP contribution in [0.4, 0.5) is 5.69 Å². The number of carbonyl (C=O) groups excluding carboxylic acids is 2. The van der Waals surface area contributed by atoms with Gasteiger partial charge in [-0.15, -0.1) is 0 Å². The summed E-state index contributed by atoms with van der Waals surface area (Å²) >= 11 is 5.89. The highest BCUT2D eigenvalue weighted by Gasteiger charge is 2.21. The number of phenols is 1. The van der Waals surface area contributed by atoms with Crippen LogP contribution in [0.15, 0.2) is 96.1 Å². The van der Waals surface area contributed by atoms with Gasteiger partial charge in [-0.05, 0) is 59.2 Å². The number of hydrogen-bond acceptors (Lipinski definition) is 5. The Balaban J connectivity index is 1.55. The molecule has 37 heavy (non-hydrogen) atoms. The zero-order valence-electron chi connectivity index (χ0n) is 19.7. The zero-order chi connectivity index (χ0) is 26.2. The van der Waals surface area contributed by atoms with Crippen LogP contribution >= 0.6 is 11.6 Å². The fraction of sp³-hybridized carbons (Fsp3) is 0.103. The van der Waals surface area contributed by atoms with Crippen LogP contribution in [0.3, 0.4) is 0 Å². The number of aromatic hydroxyl groups is 1. The predicted molar refractivity (Wildman–Crippen MR) is 145 cm³/mol. The van der Waals surface area contributed by atoms with Crippen LogP contribution in [-0.2, 0) is 4.79 Å². The molecule has 4 rings (SSSR count). The second-order valence-electron chi connectivity index (χ2n) is 8.29. The molecule has 0 heterocycles. The van der Waals surface area contributed by atoms with Gasteiger partial charge in [0.2, 0.25) is 5.91 Å². The van der Waals surface area contributed by atoms with Crippen molar-refractivity contribution in [2.75, 3.05) is 5.32 Å². The van der Waals surface area contributed by atoms with Gasteiger partial charge in [0.15, 0.2) is 0 Å². The summed E-state index contributed by atoms with van der Waals surface area (Å²) in [5.41, 5.74) is 4.10. The SMILES string of the molecule is N#CC(/C(CCC(=O)Nc1ccc(Cl)cc1)=N\NC(=O)c1cc2ccccc2cc1O)c1ccccc1. The summed E-state index contributed by atoms with van der Waals surface area (Å²) in [6.07, 6.45) is 0.153. The maximum absolute atomic E-state index is 12.9. The van der Waals surface area contributed by atoms with Crippen LogP contribution in [0, 0.1) is 11.3 Å². The number of anilines is 1. The normalized spacial score (nSPS) is 11.9. The number of hydrogen-bond donors (Lipinski definition) is 3. The standard InChI is InChI=1S/C29H23ClN4O3/c30-22-10-12-23(13-11-22)32-28(36)15-14-26(25(18-31)19-6-2-1-3-7-19)33-34-29(37)24-16-20-8-4-5-9-21(20)17-27(24)35/h1-13,16-17,25,35H,14-15H2,(H,32,36)(H,34,37)/b33-26-. The molecule has 1 unspecified atom stereocenters. The Kier molecular flexibility index (Phi) is 8.14. The molecule has 0 radical (unpaired) electrons. The van der Waals surface area contributed by atoms with Crippen molar-refractivity contribution in [3.8, 4) is 11.8 Å². The molecule has 0 spiro atoms. The number of rotatable bonds is 8. The van der Waals surface area contributed by atoms with Crippen molar-refractivity contribution >= 4 is 45.6 Å². The average molecular weight is 511 g/mol. The Hall–Kier alpha value is -4.67. The van der Waals surface area contributed by atoms with E-state index < -0.39 is 11.8 Å². The predicted octanol–water partition coefficient (Wildman–Crippen LogP) is 6.01. The van der Waals surface area contributed by atoms with E-state index >= 15 is 0 Å². The Morgan fingerprint density at radius 2 is 1.57 bits per heavy atom. The van der Waals surface area contributed by atoms with E-state index in [0.29, 0.717) is 22.0 Å². The fourth-order valence-electron chi connectivity index (χ4n) is 3.84. The number of nitrogens with zero attached hydrogens (tertiary/aromatic N) is 2. The van der Waals surface area contributed by atoms with Gasteiger partial charge < -0.3 is 10.4 Å². The summed E-state index contributed by atoms with van der Waals surface area (Å²) in [6, 6.07) is 28.4. The van der Waals surface area contributed by atoms with E-state index in [1.54, 1.807) is 54.6 Å². The summed E-state index contributed by atoms with van der Waals surface area (Å²) in [6.45, 7) is 0. The van der Waals surface area contributed by atoms with Crippen molar-refractivity contribution in [2.24, 2.45) is 5.10 Å². The number of benzene rings is 4. The van der Waals surface area contributed by atoms with Crippen molar-refractivity contribution in [2.45, 2.75) is 18.8 Å². The van der Waals surface area contributed by atoms with E-state index in [1.165, 1.54) is 6.07 Å². The largest absolute Gasteiger partial charge is 0.507 e. The van der Waals surface area contributed by atoms with Gasteiger partial charge >= 0.3 is 0 Å². The van der Waals surface area contributed by atoms with E-state index in [-0.39, 0.29) is 30.1 Å². The Morgan fingerprint density at radius 1 is 0.919 bits per heavy atom. The monoisotopic (exact) mass is 510 g/mol. The molecular formula is C29H23ClN4O3. The lowest BCUT2D eigenvalue weighted by Gasteiger charge is -2.14. The van der Waals surface area contributed by atoms with Crippen molar-refractivity contribution < 1.29 is 14.7 Å². The molecule has 0 saturated carbocycles. The summed E-state index contributed by atoms with van der Waals surface area (Å²) in [7, 11) is 0. The van der Waals surface area contributed by atoms with E-state index in [4.69, 9.17) is 11.6 Å². The molecule has 0 fully saturated rings. The molecule has 0 bridgehead atoms. The minimum Gasteiger partial charge on any atom is -0.507 e. The molecule has 0 aliphatic rings. The quantitative estimate of drug-likeness (QED) is 0.199. The third-order valence-electron chi connectivity index (χ3n) is 5.74. The maximum Gasteiger partial charge on any atom is 0.275 e. The first-order chi connectivity index (χ1) is 17.9. The summed E-state index contributed by atoms with van der Waals surface area (Å²) < 4.78 is 0. The van der Waals surface area contributed by atoms with E-state index in [0.717, 1.165) is 10.8 Å². The van der Waals surface area contributed by atoms with Crippen LogP contribution in [0.25, 0.3) is 10.8 Å². The number of phenolic OH excluding ortho intramolecular Hbond substituents is 1. The number of nitriles is 1. The molecule has 1 atom stereocenters. The summed E-state index contributed by atoms with van der Waals surface area (Å²) in [5.74, 6) is -1.88. The lowest BCUT2D eigenvalue weighted by atomic mass is 9.93. The van der Waals surface area contributed by atoms with Gasteiger partial charge in [0.25, 0.3) is 5.91 Å². The van der Waals surface area contributed by atoms with Gasteiger partial charge in [-0.1, -0.05) is 66.2 Å². The first-order valence-electron chi connectivity index (χ1n) is 11.5. The van der Waals surface area contributed by atoms with Crippen molar-refractivity contribution in [1.82, 2.24) is 5.43 Å². The second kappa shape index (κ2) is 11.8. The van der Waals surface area contributed by atoms with Crippen molar-refractivity contribution in [3.05, 3.63) is 107 Å². The molecular weight excluding hydrogens is 488 g/mol.